The highest BCUT2D eigenvalue weighted by molar-refractivity contribution is 5.51. The average molecular weight is 243 g/mol. The molecule has 0 aliphatic carbocycles. The van der Waals surface area contributed by atoms with Gasteiger partial charge in [-0.15, -0.1) is 0 Å². The summed E-state index contributed by atoms with van der Waals surface area (Å²) in [6.45, 7) is 0.639. The van der Waals surface area contributed by atoms with Crippen molar-refractivity contribution in [2.75, 3.05) is 24.5 Å². The maximum Gasteiger partial charge on any atom is 0.146 e. The number of hydrogen-bond acceptors (Lipinski definition) is 2. The fourth-order valence-electron chi connectivity index (χ4n) is 1.96. The molecule has 2 rings (SSSR count). The van der Waals surface area contributed by atoms with Crippen LogP contribution < -0.4 is 10.6 Å². The van der Waals surface area contributed by atoms with Gasteiger partial charge in [-0.1, -0.05) is 0 Å². The van der Waals surface area contributed by atoms with Gasteiger partial charge in [0.2, 0.25) is 0 Å². The molecule has 1 radical (unpaired) electrons. The first-order valence-electron chi connectivity index (χ1n) is 5.52. The molecule has 1 aliphatic rings. The molecule has 2 nitrogen and oxygen atoms in total. The monoisotopic (exact) mass is 243 g/mol. The normalized spacial score (nSPS) is 20.0. The SMILES string of the molecule is NCCc1cc(F)c(N2C[CH]C(F)C2)cc1F. The van der Waals surface area contributed by atoms with Gasteiger partial charge in [0.1, 0.15) is 17.8 Å². The van der Waals surface area contributed by atoms with Crippen LogP contribution >= 0.6 is 0 Å². The number of alkyl halides is 1. The number of hydrogen-bond donors (Lipinski definition) is 1. The summed E-state index contributed by atoms with van der Waals surface area (Å²) in [6.07, 6.45) is 0.646. The molecule has 0 spiro atoms. The molecule has 1 aromatic rings. The molecular weight excluding hydrogens is 229 g/mol. The average Bonchev–Trinajstić information content (AvgIpc) is 2.70. The van der Waals surface area contributed by atoms with Crippen molar-refractivity contribution in [3.63, 3.8) is 0 Å². The minimum absolute atomic E-state index is 0.0760. The van der Waals surface area contributed by atoms with E-state index in [0.717, 1.165) is 12.1 Å². The molecule has 93 valence electrons. The van der Waals surface area contributed by atoms with Gasteiger partial charge in [0, 0.05) is 25.6 Å². The van der Waals surface area contributed by atoms with E-state index >= 15 is 0 Å². The topological polar surface area (TPSA) is 29.3 Å². The molecule has 1 aromatic carbocycles. The minimum Gasteiger partial charge on any atom is -0.366 e. The van der Waals surface area contributed by atoms with Gasteiger partial charge >= 0.3 is 0 Å². The first kappa shape index (κ1) is 12.2. The van der Waals surface area contributed by atoms with E-state index in [4.69, 9.17) is 5.73 Å². The molecule has 0 amide bonds. The Morgan fingerprint density at radius 1 is 1.29 bits per heavy atom. The minimum atomic E-state index is -1.08. The maximum absolute atomic E-state index is 13.7. The second-order valence-corrected chi connectivity index (χ2v) is 4.09. The number of benzene rings is 1. The van der Waals surface area contributed by atoms with Crippen LogP contribution in [0.3, 0.4) is 0 Å². The summed E-state index contributed by atoms with van der Waals surface area (Å²) in [5, 5.41) is 0. The predicted octanol–water partition coefficient (Wildman–Crippen LogP) is 1.83. The number of halogens is 3. The van der Waals surface area contributed by atoms with Gasteiger partial charge < -0.3 is 10.6 Å². The third-order valence-corrected chi connectivity index (χ3v) is 2.85. The maximum atomic E-state index is 13.7. The Labute approximate surface area is 98.2 Å². The summed E-state index contributed by atoms with van der Waals surface area (Å²) < 4.78 is 40.3. The van der Waals surface area contributed by atoms with E-state index < -0.39 is 17.8 Å². The van der Waals surface area contributed by atoms with Crippen LogP contribution in [0.4, 0.5) is 18.9 Å². The van der Waals surface area contributed by atoms with Gasteiger partial charge in [0.05, 0.1) is 5.69 Å². The van der Waals surface area contributed by atoms with Crippen molar-refractivity contribution in [1.82, 2.24) is 0 Å². The smallest absolute Gasteiger partial charge is 0.146 e. The van der Waals surface area contributed by atoms with Crippen LogP contribution in [-0.2, 0) is 6.42 Å². The molecule has 5 heteroatoms. The highest BCUT2D eigenvalue weighted by Gasteiger charge is 2.25. The molecule has 1 unspecified atom stereocenters. The molecule has 0 bridgehead atoms. The molecule has 1 fully saturated rings. The Hall–Kier alpha value is -1.23. The highest BCUT2D eigenvalue weighted by atomic mass is 19.1. The Morgan fingerprint density at radius 3 is 2.65 bits per heavy atom. The van der Waals surface area contributed by atoms with Crippen LogP contribution in [0, 0.1) is 18.1 Å². The Kier molecular flexibility index (Phi) is 3.57. The molecule has 1 aliphatic heterocycles. The molecule has 0 aromatic heterocycles. The highest BCUT2D eigenvalue weighted by Crippen LogP contribution is 2.27. The lowest BCUT2D eigenvalue weighted by Gasteiger charge is -2.19. The first-order valence-corrected chi connectivity index (χ1v) is 5.52. The fourth-order valence-corrected chi connectivity index (χ4v) is 1.96. The Morgan fingerprint density at radius 2 is 2.06 bits per heavy atom. The van der Waals surface area contributed by atoms with E-state index in [1.165, 1.54) is 11.3 Å². The molecule has 17 heavy (non-hydrogen) atoms. The Bertz CT molecular complexity index is 409. The summed E-state index contributed by atoms with van der Waals surface area (Å²) in [6, 6.07) is 2.26. The van der Waals surface area contributed by atoms with Gasteiger partial charge in [-0.3, -0.25) is 0 Å². The lowest BCUT2D eigenvalue weighted by molar-refractivity contribution is 0.408. The zero-order chi connectivity index (χ0) is 12.4. The summed E-state index contributed by atoms with van der Waals surface area (Å²) in [5.41, 5.74) is 5.67. The lowest BCUT2D eigenvalue weighted by Crippen LogP contribution is -2.21. The third kappa shape index (κ3) is 2.54. The van der Waals surface area contributed by atoms with Crippen molar-refractivity contribution >= 4 is 5.69 Å². The van der Waals surface area contributed by atoms with E-state index in [-0.39, 0.29) is 24.3 Å². The predicted molar refractivity (Wildman–Crippen MR) is 60.5 cm³/mol. The van der Waals surface area contributed by atoms with Crippen LogP contribution in [0.2, 0.25) is 0 Å². The molecule has 0 saturated carbocycles. The summed E-state index contributed by atoms with van der Waals surface area (Å²) in [7, 11) is 0. The molecular formula is C12H14F3N2. The van der Waals surface area contributed by atoms with Crippen molar-refractivity contribution in [2.24, 2.45) is 5.73 Å². The summed E-state index contributed by atoms with van der Waals surface area (Å²) in [4.78, 5) is 1.48. The van der Waals surface area contributed by atoms with Gasteiger partial charge in [0.15, 0.2) is 0 Å². The van der Waals surface area contributed by atoms with Crippen molar-refractivity contribution in [2.45, 2.75) is 12.6 Å². The van der Waals surface area contributed by atoms with Crippen molar-refractivity contribution in [1.29, 1.82) is 0 Å². The van der Waals surface area contributed by atoms with E-state index in [1.807, 2.05) is 0 Å². The van der Waals surface area contributed by atoms with Crippen LogP contribution in [0.25, 0.3) is 0 Å². The second kappa shape index (κ2) is 4.96. The van der Waals surface area contributed by atoms with E-state index in [0.29, 0.717) is 13.0 Å². The quantitative estimate of drug-likeness (QED) is 0.877. The van der Waals surface area contributed by atoms with E-state index in [2.05, 4.69) is 0 Å². The standard InChI is InChI=1S/C12H14F3N2/c13-9-2-4-17(7-9)12-6-10(14)8(1-3-16)5-11(12)15/h2,5-6,9H,1,3-4,7,16H2. The van der Waals surface area contributed by atoms with Crippen LogP contribution in [0.1, 0.15) is 5.56 Å². The van der Waals surface area contributed by atoms with Crippen LogP contribution in [0.5, 0.6) is 0 Å². The number of rotatable bonds is 3. The van der Waals surface area contributed by atoms with Gasteiger partial charge in [0.25, 0.3) is 0 Å². The molecule has 1 atom stereocenters. The van der Waals surface area contributed by atoms with E-state index in [1.54, 1.807) is 0 Å². The first-order chi connectivity index (χ1) is 8.11. The largest absolute Gasteiger partial charge is 0.366 e. The number of nitrogens with zero attached hydrogens (tertiary/aromatic N) is 1. The molecule has 2 N–H and O–H groups in total. The molecule has 1 saturated heterocycles. The number of nitrogens with two attached hydrogens (primary N) is 1. The van der Waals surface area contributed by atoms with Crippen molar-refractivity contribution in [3.8, 4) is 0 Å². The summed E-state index contributed by atoms with van der Waals surface area (Å²) in [5.74, 6) is -1.02. The summed E-state index contributed by atoms with van der Waals surface area (Å²) >= 11 is 0. The van der Waals surface area contributed by atoms with Crippen LogP contribution in [-0.4, -0.2) is 25.8 Å². The van der Waals surface area contributed by atoms with E-state index in [9.17, 15) is 13.2 Å². The number of anilines is 1. The van der Waals surface area contributed by atoms with Gasteiger partial charge in [-0.2, -0.15) is 0 Å². The fraction of sp³-hybridized carbons (Fsp3) is 0.417. The third-order valence-electron chi connectivity index (χ3n) is 2.85. The lowest BCUT2D eigenvalue weighted by atomic mass is 10.1. The Balaban J connectivity index is 2.26. The van der Waals surface area contributed by atoms with Gasteiger partial charge in [-0.05, 0) is 24.6 Å². The zero-order valence-corrected chi connectivity index (χ0v) is 9.30. The molecule has 1 heterocycles. The van der Waals surface area contributed by atoms with Crippen molar-refractivity contribution < 1.29 is 13.2 Å². The zero-order valence-electron chi connectivity index (χ0n) is 9.30. The van der Waals surface area contributed by atoms with Crippen molar-refractivity contribution in [3.05, 3.63) is 35.8 Å². The van der Waals surface area contributed by atoms with Gasteiger partial charge in [-0.25, -0.2) is 13.2 Å². The second-order valence-electron chi connectivity index (χ2n) is 4.09. The van der Waals surface area contributed by atoms with Crippen LogP contribution in [0.15, 0.2) is 12.1 Å².